The zero-order chi connectivity index (χ0) is 25.0. The second-order valence-electron chi connectivity index (χ2n) is 7.89. The maximum atomic E-state index is 13.7. The van der Waals surface area contributed by atoms with Crippen LogP contribution in [0, 0.1) is 0 Å². The lowest BCUT2D eigenvalue weighted by molar-refractivity contribution is -0.183. The number of rotatable bonds is 8. The number of carbonyl (C=O) groups is 2. The third kappa shape index (κ3) is 6.43. The maximum Gasteiger partial charge on any atom is 0.308 e. The second-order valence-corrected chi connectivity index (χ2v) is 11.6. The summed E-state index contributed by atoms with van der Waals surface area (Å²) >= 11 is 12.3. The highest BCUT2D eigenvalue weighted by molar-refractivity contribution is 8.13. The summed E-state index contributed by atoms with van der Waals surface area (Å²) in [5.41, 5.74) is 1.33. The van der Waals surface area contributed by atoms with Gasteiger partial charge in [0.1, 0.15) is 12.2 Å². The Hall–Kier alpha value is -1.84. The van der Waals surface area contributed by atoms with Gasteiger partial charge in [0, 0.05) is 26.8 Å². The van der Waals surface area contributed by atoms with Crippen molar-refractivity contribution in [1.29, 1.82) is 0 Å². The van der Waals surface area contributed by atoms with Gasteiger partial charge < -0.3 is 14.4 Å². The van der Waals surface area contributed by atoms with Crippen molar-refractivity contribution in [3.05, 3.63) is 69.7 Å². The van der Waals surface area contributed by atoms with Crippen LogP contribution >= 0.6 is 33.9 Å². The van der Waals surface area contributed by atoms with Crippen LogP contribution in [0.25, 0.3) is 0 Å². The second kappa shape index (κ2) is 11.3. The van der Waals surface area contributed by atoms with Gasteiger partial charge in [-0.05, 0) is 41.8 Å². The van der Waals surface area contributed by atoms with Crippen molar-refractivity contribution >= 4 is 54.8 Å². The summed E-state index contributed by atoms with van der Waals surface area (Å²) in [6.07, 6.45) is -1.98. The fraction of sp³-hybridized carbons (Fsp3) is 0.391. The van der Waals surface area contributed by atoms with Crippen molar-refractivity contribution in [2.24, 2.45) is 0 Å². The van der Waals surface area contributed by atoms with E-state index in [1.807, 2.05) is 0 Å². The Morgan fingerprint density at radius 3 is 2.35 bits per heavy atom. The molecule has 11 heteroatoms. The van der Waals surface area contributed by atoms with Crippen molar-refractivity contribution in [2.75, 3.05) is 12.9 Å². The number of benzene rings is 2. The number of hydrogen-bond donors (Lipinski definition) is 0. The Bertz CT molecular complexity index is 1140. The summed E-state index contributed by atoms with van der Waals surface area (Å²) in [6.45, 7) is 1.76. The van der Waals surface area contributed by atoms with Crippen LogP contribution in [-0.2, 0) is 28.1 Å². The molecule has 2 aromatic rings. The van der Waals surface area contributed by atoms with E-state index in [1.54, 1.807) is 55.5 Å². The first-order valence-corrected chi connectivity index (χ1v) is 13.7. The van der Waals surface area contributed by atoms with E-state index in [0.717, 1.165) is 0 Å². The van der Waals surface area contributed by atoms with Crippen LogP contribution in [0.2, 0.25) is 10.0 Å². The van der Waals surface area contributed by atoms with Crippen molar-refractivity contribution < 1.29 is 27.5 Å². The Balaban J connectivity index is 2.20. The van der Waals surface area contributed by atoms with Crippen LogP contribution in [0.3, 0.4) is 0 Å². The number of amides is 1. The van der Waals surface area contributed by atoms with E-state index >= 15 is 0 Å². The summed E-state index contributed by atoms with van der Waals surface area (Å²) in [5, 5.41) is 0.955. The van der Waals surface area contributed by atoms with Crippen molar-refractivity contribution in [1.82, 2.24) is 4.90 Å². The highest BCUT2D eigenvalue weighted by Crippen LogP contribution is 2.44. The molecule has 1 amide bonds. The monoisotopic (exact) mass is 547 g/mol. The molecule has 1 saturated heterocycles. The van der Waals surface area contributed by atoms with Crippen LogP contribution in [0.1, 0.15) is 43.0 Å². The Morgan fingerprint density at radius 1 is 1.12 bits per heavy atom. The molecule has 0 N–H and O–H groups in total. The molecule has 0 aliphatic carbocycles. The fourth-order valence-corrected chi connectivity index (χ4v) is 5.72. The molecule has 0 unspecified atom stereocenters. The summed E-state index contributed by atoms with van der Waals surface area (Å²) in [5.74, 6) is -1.63. The molecule has 0 aromatic heterocycles. The Labute approximate surface area is 213 Å². The normalized spacial score (nSPS) is 21.9. The first kappa shape index (κ1) is 26.8. The third-order valence-electron chi connectivity index (χ3n) is 5.65. The average Bonchev–Trinajstić information content (AvgIpc) is 2.78. The van der Waals surface area contributed by atoms with E-state index in [2.05, 4.69) is 0 Å². The van der Waals surface area contributed by atoms with Gasteiger partial charge in [0.15, 0.2) is 0 Å². The van der Waals surface area contributed by atoms with Crippen molar-refractivity contribution in [3.8, 4) is 0 Å². The largest absolute Gasteiger partial charge is 0.469 e. The molecule has 2 aromatic carbocycles. The summed E-state index contributed by atoms with van der Waals surface area (Å²) in [6, 6.07) is 12.3. The fourth-order valence-electron chi connectivity index (χ4n) is 4.10. The number of hydrogen-bond acceptors (Lipinski definition) is 6. The van der Waals surface area contributed by atoms with Gasteiger partial charge in [-0.1, -0.05) is 54.4 Å². The lowest BCUT2D eigenvalue weighted by atomic mass is 9.89. The zero-order valence-electron chi connectivity index (χ0n) is 18.5. The quantitative estimate of drug-likeness (QED) is 0.344. The van der Waals surface area contributed by atoms with Crippen LogP contribution in [0.4, 0.5) is 0 Å². The molecule has 7 nitrogen and oxygen atoms in total. The summed E-state index contributed by atoms with van der Waals surface area (Å²) < 4.78 is 35.0. The number of morpholine rings is 1. The molecule has 1 aliphatic heterocycles. The van der Waals surface area contributed by atoms with E-state index in [9.17, 15) is 18.0 Å². The van der Waals surface area contributed by atoms with Gasteiger partial charge in [-0.15, -0.1) is 0 Å². The Morgan fingerprint density at radius 2 is 1.79 bits per heavy atom. The van der Waals surface area contributed by atoms with Crippen LogP contribution in [0.5, 0.6) is 0 Å². The van der Waals surface area contributed by atoms with Crippen LogP contribution < -0.4 is 0 Å². The highest BCUT2D eigenvalue weighted by Gasteiger charge is 2.47. The summed E-state index contributed by atoms with van der Waals surface area (Å²) in [4.78, 5) is 27.2. The number of ether oxygens (including phenoxy) is 2. The van der Waals surface area contributed by atoms with Gasteiger partial charge in [-0.25, -0.2) is 8.42 Å². The first-order valence-electron chi connectivity index (χ1n) is 10.5. The molecule has 184 valence electrons. The predicted molar refractivity (Wildman–Crippen MR) is 130 cm³/mol. The number of nitrogens with zero attached hydrogens (tertiary/aromatic N) is 1. The van der Waals surface area contributed by atoms with Crippen LogP contribution in [-0.4, -0.2) is 50.2 Å². The lowest BCUT2D eigenvalue weighted by Gasteiger charge is -2.47. The standard InChI is InChI=1S/C23H24Cl3NO6S/c1-3-18(13-34(26,30)31)27-21(14-7-9-16(24)10-8-14)22(15-5-4-6-17(25)11-15)33-19(23(27)29)12-20(28)32-2/h4-11,18-19,21-22H,3,12-13H2,1-2H3/t18-,19-,21+,22+/m0/s1. The molecule has 4 atom stereocenters. The van der Waals surface area contributed by atoms with Crippen molar-refractivity contribution in [2.45, 2.75) is 44.1 Å². The average molecular weight is 549 g/mol. The molecule has 0 saturated carbocycles. The van der Waals surface area contributed by atoms with Gasteiger partial charge in [0.25, 0.3) is 5.91 Å². The van der Waals surface area contributed by atoms with E-state index in [0.29, 0.717) is 27.6 Å². The zero-order valence-corrected chi connectivity index (χ0v) is 21.6. The molecule has 34 heavy (non-hydrogen) atoms. The van der Waals surface area contributed by atoms with Gasteiger partial charge in [-0.2, -0.15) is 0 Å². The molecular formula is C23H24Cl3NO6S. The van der Waals surface area contributed by atoms with E-state index in [4.69, 9.17) is 43.4 Å². The van der Waals surface area contributed by atoms with Gasteiger partial charge >= 0.3 is 5.97 Å². The molecular weight excluding hydrogens is 525 g/mol. The SMILES string of the molecule is CC[C@@H](CS(=O)(=O)Cl)N1C(=O)[C@H](CC(=O)OC)O[C@H](c2cccc(Cl)c2)[C@H]1c1ccc(Cl)cc1. The molecule has 1 heterocycles. The predicted octanol–water partition coefficient (Wildman–Crippen LogP) is 4.91. The smallest absolute Gasteiger partial charge is 0.308 e. The Kier molecular flexibility index (Phi) is 8.87. The van der Waals surface area contributed by atoms with E-state index in [-0.39, 0.29) is 6.42 Å². The van der Waals surface area contributed by atoms with E-state index < -0.39 is 51.0 Å². The number of esters is 1. The summed E-state index contributed by atoms with van der Waals surface area (Å²) in [7, 11) is 2.86. The van der Waals surface area contributed by atoms with Gasteiger partial charge in [0.05, 0.1) is 25.3 Å². The molecule has 0 bridgehead atoms. The first-order chi connectivity index (χ1) is 16.0. The number of halogens is 3. The minimum atomic E-state index is -3.95. The third-order valence-corrected chi connectivity index (χ3v) is 7.30. The van der Waals surface area contributed by atoms with Gasteiger partial charge in [-0.3, -0.25) is 9.59 Å². The highest BCUT2D eigenvalue weighted by atomic mass is 35.7. The minimum absolute atomic E-state index is 0.301. The molecule has 1 fully saturated rings. The molecule has 1 aliphatic rings. The lowest BCUT2D eigenvalue weighted by Crippen LogP contribution is -2.56. The molecule has 0 radical (unpaired) electrons. The van der Waals surface area contributed by atoms with Crippen molar-refractivity contribution in [3.63, 3.8) is 0 Å². The topological polar surface area (TPSA) is 90.0 Å². The van der Waals surface area contributed by atoms with Crippen LogP contribution in [0.15, 0.2) is 48.5 Å². The van der Waals surface area contributed by atoms with Gasteiger partial charge in [0.2, 0.25) is 9.05 Å². The number of carbonyl (C=O) groups excluding carboxylic acids is 2. The maximum absolute atomic E-state index is 13.7. The minimum Gasteiger partial charge on any atom is -0.469 e. The molecule has 0 spiro atoms. The van der Waals surface area contributed by atoms with E-state index in [1.165, 1.54) is 12.0 Å². The molecule has 3 rings (SSSR count). The number of methoxy groups -OCH3 is 1.